The number of rotatable bonds is 6. The maximum absolute atomic E-state index is 12.7. The fraction of sp³-hybridized carbons (Fsp3) is 0.474. The molecule has 2 fully saturated rings. The van der Waals surface area contributed by atoms with Crippen LogP contribution in [0.15, 0.2) is 52.1 Å². The normalized spacial score (nSPS) is 25.4. The van der Waals surface area contributed by atoms with E-state index in [1.807, 2.05) is 23.6 Å². The van der Waals surface area contributed by atoms with Crippen LogP contribution in [-0.4, -0.2) is 50.3 Å². The first-order chi connectivity index (χ1) is 12.5. The second-order valence-electron chi connectivity index (χ2n) is 7.34. The molecule has 0 amide bonds. The van der Waals surface area contributed by atoms with E-state index in [-0.39, 0.29) is 6.04 Å². The highest BCUT2D eigenvalue weighted by Gasteiger charge is 2.44. The molecule has 3 heterocycles. The molecule has 2 aliphatic heterocycles. The van der Waals surface area contributed by atoms with E-state index in [1.54, 1.807) is 16.4 Å². The number of nitrogens with two attached hydrogens (primary N) is 1. The molecule has 26 heavy (non-hydrogen) atoms. The number of nitrogens with zero attached hydrogens (tertiary/aromatic N) is 2. The van der Waals surface area contributed by atoms with Crippen molar-refractivity contribution < 1.29 is 8.42 Å². The molecule has 0 spiro atoms. The van der Waals surface area contributed by atoms with Crippen LogP contribution in [0.4, 0.5) is 0 Å². The smallest absolute Gasteiger partial charge is 0.252 e. The maximum Gasteiger partial charge on any atom is 0.252 e. The van der Waals surface area contributed by atoms with Crippen molar-refractivity contribution in [3.05, 3.63) is 53.4 Å². The van der Waals surface area contributed by atoms with Gasteiger partial charge in [0.25, 0.3) is 10.0 Å². The third-order valence-electron chi connectivity index (χ3n) is 5.60. The first-order valence-electron chi connectivity index (χ1n) is 9.10. The van der Waals surface area contributed by atoms with Crippen molar-refractivity contribution in [1.29, 1.82) is 0 Å². The van der Waals surface area contributed by atoms with Crippen LogP contribution in [0.3, 0.4) is 0 Å². The second kappa shape index (κ2) is 7.40. The predicted octanol–water partition coefficient (Wildman–Crippen LogP) is 2.39. The van der Waals surface area contributed by atoms with E-state index < -0.39 is 10.0 Å². The Balaban J connectivity index is 1.30. The Kier molecular flexibility index (Phi) is 5.16. The minimum absolute atomic E-state index is 0.0624. The average molecular weight is 392 g/mol. The van der Waals surface area contributed by atoms with Gasteiger partial charge in [0, 0.05) is 32.2 Å². The molecule has 0 aliphatic carbocycles. The molecule has 0 radical (unpaired) electrons. The van der Waals surface area contributed by atoms with Gasteiger partial charge in [-0.25, -0.2) is 8.42 Å². The van der Waals surface area contributed by atoms with E-state index in [1.165, 1.54) is 16.9 Å². The molecule has 1 aromatic carbocycles. The Morgan fingerprint density at radius 2 is 1.73 bits per heavy atom. The lowest BCUT2D eigenvalue weighted by atomic mass is 10.0. The van der Waals surface area contributed by atoms with Crippen molar-refractivity contribution in [2.24, 2.45) is 17.6 Å². The van der Waals surface area contributed by atoms with Gasteiger partial charge in [0.05, 0.1) is 0 Å². The third-order valence-corrected chi connectivity index (χ3v) is 8.81. The minimum Gasteiger partial charge on any atom is -0.324 e. The number of thiophene rings is 1. The van der Waals surface area contributed by atoms with Crippen LogP contribution in [0.1, 0.15) is 18.0 Å². The van der Waals surface area contributed by atoms with Crippen LogP contribution in [0.2, 0.25) is 0 Å². The van der Waals surface area contributed by atoms with Gasteiger partial charge in [-0.1, -0.05) is 36.4 Å². The molecule has 2 N–H and O–H groups in total. The van der Waals surface area contributed by atoms with E-state index in [9.17, 15) is 8.42 Å². The van der Waals surface area contributed by atoms with Crippen LogP contribution in [0, 0.1) is 11.8 Å². The van der Waals surface area contributed by atoms with Crippen LogP contribution in [0.25, 0.3) is 0 Å². The van der Waals surface area contributed by atoms with E-state index >= 15 is 0 Å². The summed E-state index contributed by atoms with van der Waals surface area (Å²) in [6.07, 6.45) is 0.931. The van der Waals surface area contributed by atoms with Gasteiger partial charge in [-0.05, 0) is 41.8 Å². The first-order valence-corrected chi connectivity index (χ1v) is 11.4. The van der Waals surface area contributed by atoms with Crippen molar-refractivity contribution in [2.75, 3.05) is 32.7 Å². The summed E-state index contributed by atoms with van der Waals surface area (Å²) in [5, 5.41) is 1.82. The van der Waals surface area contributed by atoms with Crippen LogP contribution < -0.4 is 5.73 Å². The zero-order valence-electron chi connectivity index (χ0n) is 14.7. The second-order valence-corrected chi connectivity index (χ2v) is 10.5. The summed E-state index contributed by atoms with van der Waals surface area (Å²) in [4.78, 5) is 2.45. The maximum atomic E-state index is 12.7. The molecule has 2 saturated heterocycles. The summed E-state index contributed by atoms with van der Waals surface area (Å²) in [6, 6.07) is 13.8. The molecule has 140 valence electrons. The molecule has 2 unspecified atom stereocenters. The third kappa shape index (κ3) is 3.59. The number of benzene rings is 1. The standard InChI is InChI=1S/C19H25N3O2S2/c20-18(15-5-2-1-3-6-15)8-9-21-11-16-13-22(14-17(16)12-21)26(23,24)19-7-4-10-25-19/h1-7,10,16-18H,8-9,11-14,20H2/t16?,17?,18-/m0/s1. The van der Waals surface area contributed by atoms with Gasteiger partial charge >= 0.3 is 0 Å². The molecule has 0 bridgehead atoms. The average Bonchev–Trinajstić information content (AvgIpc) is 3.36. The lowest BCUT2D eigenvalue weighted by Gasteiger charge is -2.22. The fourth-order valence-corrected chi connectivity index (χ4v) is 6.85. The van der Waals surface area contributed by atoms with Gasteiger partial charge in [-0.2, -0.15) is 4.31 Å². The number of hydrogen-bond acceptors (Lipinski definition) is 5. The SMILES string of the molecule is N[C@@H](CCN1CC2CN(S(=O)(=O)c3cccs3)CC2C1)c1ccccc1. The van der Waals surface area contributed by atoms with Crippen molar-refractivity contribution in [3.63, 3.8) is 0 Å². The molecule has 4 rings (SSSR count). The summed E-state index contributed by atoms with van der Waals surface area (Å²) in [6.45, 7) is 4.21. The topological polar surface area (TPSA) is 66.6 Å². The van der Waals surface area contributed by atoms with Crippen molar-refractivity contribution >= 4 is 21.4 Å². The molecule has 2 aliphatic rings. The number of hydrogen-bond donors (Lipinski definition) is 1. The van der Waals surface area contributed by atoms with Gasteiger partial charge < -0.3 is 10.6 Å². The quantitative estimate of drug-likeness (QED) is 0.821. The lowest BCUT2D eigenvalue weighted by Crippen LogP contribution is -2.33. The Hall–Kier alpha value is -1.25. The summed E-state index contributed by atoms with van der Waals surface area (Å²) in [7, 11) is -3.30. The van der Waals surface area contributed by atoms with E-state index in [2.05, 4.69) is 17.0 Å². The Morgan fingerprint density at radius 3 is 2.35 bits per heavy atom. The Bertz CT molecular complexity index is 810. The van der Waals surface area contributed by atoms with Gasteiger partial charge in [0.1, 0.15) is 4.21 Å². The van der Waals surface area contributed by atoms with Gasteiger partial charge in [-0.15, -0.1) is 11.3 Å². The lowest BCUT2D eigenvalue weighted by molar-refractivity contribution is 0.286. The van der Waals surface area contributed by atoms with Crippen LogP contribution >= 0.6 is 11.3 Å². The first kappa shape index (κ1) is 18.1. The highest BCUT2D eigenvalue weighted by atomic mass is 32.2. The largest absolute Gasteiger partial charge is 0.324 e. The predicted molar refractivity (Wildman–Crippen MR) is 104 cm³/mol. The van der Waals surface area contributed by atoms with Crippen molar-refractivity contribution in [2.45, 2.75) is 16.7 Å². The number of sulfonamides is 1. The highest BCUT2D eigenvalue weighted by Crippen LogP contribution is 2.35. The van der Waals surface area contributed by atoms with Gasteiger partial charge in [-0.3, -0.25) is 0 Å². The van der Waals surface area contributed by atoms with Crippen molar-refractivity contribution in [3.8, 4) is 0 Å². The summed E-state index contributed by atoms with van der Waals surface area (Å²) in [5.74, 6) is 0.885. The number of likely N-dealkylation sites (tertiary alicyclic amines) is 1. The zero-order chi connectivity index (χ0) is 18.1. The fourth-order valence-electron chi connectivity index (χ4n) is 4.15. The van der Waals surface area contributed by atoms with Crippen LogP contribution in [0.5, 0.6) is 0 Å². The molecule has 1 aromatic heterocycles. The molecule has 5 nitrogen and oxygen atoms in total. The molecule has 0 saturated carbocycles. The minimum atomic E-state index is -3.30. The highest BCUT2D eigenvalue weighted by molar-refractivity contribution is 7.91. The Labute approximate surface area is 159 Å². The van der Waals surface area contributed by atoms with E-state index in [0.717, 1.165) is 26.1 Å². The van der Waals surface area contributed by atoms with Crippen molar-refractivity contribution in [1.82, 2.24) is 9.21 Å². The van der Waals surface area contributed by atoms with Crippen LogP contribution in [-0.2, 0) is 10.0 Å². The van der Waals surface area contributed by atoms with Gasteiger partial charge in [0.2, 0.25) is 0 Å². The summed E-state index contributed by atoms with van der Waals surface area (Å²) < 4.78 is 27.5. The Morgan fingerprint density at radius 1 is 1.04 bits per heavy atom. The number of fused-ring (bicyclic) bond motifs is 1. The van der Waals surface area contributed by atoms with E-state index in [4.69, 9.17) is 5.73 Å². The monoisotopic (exact) mass is 391 g/mol. The molecule has 7 heteroatoms. The van der Waals surface area contributed by atoms with Gasteiger partial charge in [0.15, 0.2) is 0 Å². The zero-order valence-corrected chi connectivity index (χ0v) is 16.3. The molecule has 3 atom stereocenters. The molecular weight excluding hydrogens is 366 g/mol. The molecular formula is C19H25N3O2S2. The summed E-state index contributed by atoms with van der Waals surface area (Å²) in [5.41, 5.74) is 7.49. The molecule has 2 aromatic rings. The van der Waals surface area contributed by atoms with E-state index in [0.29, 0.717) is 29.1 Å². The summed E-state index contributed by atoms with van der Waals surface area (Å²) >= 11 is 1.30.